The number of rotatable bonds is 8. The normalized spacial score (nSPS) is 14.9. The van der Waals surface area contributed by atoms with Gasteiger partial charge in [-0.25, -0.2) is 0 Å². The first-order valence-corrected chi connectivity index (χ1v) is 12.0. The molecule has 1 saturated heterocycles. The Bertz CT molecular complexity index is 1070. The minimum atomic E-state index is -0.222. The fourth-order valence-corrected chi connectivity index (χ4v) is 4.75. The molecule has 0 spiro atoms. The molecule has 1 aliphatic rings. The summed E-state index contributed by atoms with van der Waals surface area (Å²) >= 11 is 1.36. The van der Waals surface area contributed by atoms with E-state index in [4.69, 9.17) is 9.47 Å². The van der Waals surface area contributed by atoms with Gasteiger partial charge < -0.3 is 20.1 Å². The third-order valence-electron chi connectivity index (χ3n) is 5.98. The average Bonchev–Trinajstić information content (AvgIpc) is 3.40. The molecule has 0 saturated carbocycles. The standard InChI is InChI=1S/C26H28N2O4S/c1-2-32-20-11-9-19(10-12-20)26(13-15-31-16-14-26)18-27-24(29)21-6-3-4-7-22(21)28-25(30)23-8-5-17-33-23/h3-12,17H,2,13-16,18H2,1H3,(H,27,29)(H,28,30). The molecule has 3 aromatic rings. The smallest absolute Gasteiger partial charge is 0.265 e. The third kappa shape index (κ3) is 5.43. The first-order chi connectivity index (χ1) is 16.1. The zero-order valence-corrected chi connectivity index (χ0v) is 19.5. The van der Waals surface area contributed by atoms with Gasteiger partial charge in [0, 0.05) is 25.2 Å². The van der Waals surface area contributed by atoms with Gasteiger partial charge in [-0.3, -0.25) is 9.59 Å². The Hall–Kier alpha value is -3.16. The van der Waals surface area contributed by atoms with E-state index in [-0.39, 0.29) is 17.2 Å². The first kappa shape index (κ1) is 23.0. The van der Waals surface area contributed by atoms with Crippen molar-refractivity contribution >= 4 is 28.8 Å². The highest BCUT2D eigenvalue weighted by molar-refractivity contribution is 7.12. The summed E-state index contributed by atoms with van der Waals surface area (Å²) in [6.45, 7) is 4.37. The van der Waals surface area contributed by atoms with Crippen molar-refractivity contribution in [2.75, 3.05) is 31.7 Å². The van der Waals surface area contributed by atoms with E-state index >= 15 is 0 Å². The molecule has 2 N–H and O–H groups in total. The molecule has 2 heterocycles. The zero-order valence-electron chi connectivity index (χ0n) is 18.6. The van der Waals surface area contributed by atoms with Gasteiger partial charge in [0.15, 0.2) is 0 Å². The van der Waals surface area contributed by atoms with Crippen LogP contribution in [-0.2, 0) is 10.2 Å². The Balaban J connectivity index is 1.50. The lowest BCUT2D eigenvalue weighted by molar-refractivity contribution is 0.0487. The van der Waals surface area contributed by atoms with Crippen LogP contribution in [0.25, 0.3) is 0 Å². The van der Waals surface area contributed by atoms with Crippen molar-refractivity contribution in [1.29, 1.82) is 0 Å². The number of hydrogen-bond donors (Lipinski definition) is 2. The summed E-state index contributed by atoms with van der Waals surface area (Å²) in [5.41, 5.74) is 1.88. The van der Waals surface area contributed by atoms with Gasteiger partial charge in [-0.1, -0.05) is 30.3 Å². The summed E-state index contributed by atoms with van der Waals surface area (Å²) in [5, 5.41) is 7.84. The van der Waals surface area contributed by atoms with Crippen molar-refractivity contribution in [2.24, 2.45) is 0 Å². The monoisotopic (exact) mass is 464 g/mol. The molecule has 7 heteroatoms. The van der Waals surface area contributed by atoms with Gasteiger partial charge >= 0.3 is 0 Å². The fraction of sp³-hybridized carbons (Fsp3) is 0.308. The molecule has 1 aliphatic heterocycles. The number of para-hydroxylation sites is 1. The summed E-state index contributed by atoms with van der Waals surface area (Å²) in [6, 6.07) is 18.8. The Morgan fingerprint density at radius 1 is 1.00 bits per heavy atom. The molecule has 0 radical (unpaired) electrons. The molecule has 0 unspecified atom stereocenters. The lowest BCUT2D eigenvalue weighted by atomic mass is 9.74. The highest BCUT2D eigenvalue weighted by Crippen LogP contribution is 2.35. The van der Waals surface area contributed by atoms with E-state index in [2.05, 4.69) is 22.8 Å². The van der Waals surface area contributed by atoms with Crippen LogP contribution in [0.5, 0.6) is 5.75 Å². The van der Waals surface area contributed by atoms with E-state index in [1.807, 2.05) is 30.5 Å². The maximum Gasteiger partial charge on any atom is 0.265 e. The van der Waals surface area contributed by atoms with Crippen molar-refractivity contribution in [3.63, 3.8) is 0 Å². The lowest BCUT2D eigenvalue weighted by Gasteiger charge is -2.38. The zero-order chi connectivity index (χ0) is 23.1. The number of thiophene rings is 1. The van der Waals surface area contributed by atoms with Crippen LogP contribution in [0.2, 0.25) is 0 Å². The van der Waals surface area contributed by atoms with Gasteiger partial charge in [0.1, 0.15) is 5.75 Å². The van der Waals surface area contributed by atoms with Crippen LogP contribution in [0.15, 0.2) is 66.0 Å². The van der Waals surface area contributed by atoms with E-state index in [0.717, 1.165) is 24.2 Å². The predicted octanol–water partition coefficient (Wildman–Crippen LogP) is 4.88. The van der Waals surface area contributed by atoms with E-state index in [0.29, 0.717) is 42.5 Å². The molecule has 172 valence electrons. The van der Waals surface area contributed by atoms with Gasteiger partial charge in [0.2, 0.25) is 0 Å². The maximum absolute atomic E-state index is 13.2. The summed E-state index contributed by atoms with van der Waals surface area (Å²) < 4.78 is 11.2. The van der Waals surface area contributed by atoms with Crippen molar-refractivity contribution < 1.29 is 19.1 Å². The molecule has 0 atom stereocenters. The summed E-state index contributed by atoms with van der Waals surface area (Å²) in [6.07, 6.45) is 1.63. The maximum atomic E-state index is 13.2. The number of nitrogens with one attached hydrogen (secondary N) is 2. The number of carbonyl (C=O) groups excluding carboxylic acids is 2. The van der Waals surface area contributed by atoms with Crippen LogP contribution >= 0.6 is 11.3 Å². The van der Waals surface area contributed by atoms with Gasteiger partial charge in [0.25, 0.3) is 11.8 Å². The van der Waals surface area contributed by atoms with Crippen molar-refractivity contribution in [3.05, 3.63) is 82.0 Å². The Kier molecular flexibility index (Phi) is 7.42. The van der Waals surface area contributed by atoms with Crippen LogP contribution in [-0.4, -0.2) is 38.2 Å². The summed E-state index contributed by atoms with van der Waals surface area (Å²) in [5.74, 6) is 0.400. The first-order valence-electron chi connectivity index (χ1n) is 11.1. The van der Waals surface area contributed by atoms with Crippen LogP contribution < -0.4 is 15.4 Å². The molecule has 1 aromatic heterocycles. The molecule has 6 nitrogen and oxygen atoms in total. The number of carbonyl (C=O) groups is 2. The van der Waals surface area contributed by atoms with Crippen LogP contribution in [0.1, 0.15) is 45.4 Å². The van der Waals surface area contributed by atoms with Gasteiger partial charge in [-0.05, 0) is 61.0 Å². The van der Waals surface area contributed by atoms with Crippen LogP contribution in [0.4, 0.5) is 5.69 Å². The van der Waals surface area contributed by atoms with Gasteiger partial charge in [-0.15, -0.1) is 11.3 Å². The fourth-order valence-electron chi connectivity index (χ4n) is 4.13. The van der Waals surface area contributed by atoms with Crippen LogP contribution in [0, 0.1) is 0 Å². The number of benzene rings is 2. The Labute approximate surface area is 197 Å². The second-order valence-corrected chi connectivity index (χ2v) is 8.96. The Morgan fingerprint density at radius 2 is 1.76 bits per heavy atom. The molecule has 0 bridgehead atoms. The van der Waals surface area contributed by atoms with E-state index in [1.54, 1.807) is 30.3 Å². The second-order valence-electron chi connectivity index (χ2n) is 8.01. The van der Waals surface area contributed by atoms with E-state index < -0.39 is 0 Å². The largest absolute Gasteiger partial charge is 0.494 e. The average molecular weight is 465 g/mol. The van der Waals surface area contributed by atoms with E-state index in [1.165, 1.54) is 11.3 Å². The number of hydrogen-bond acceptors (Lipinski definition) is 5. The molecular weight excluding hydrogens is 436 g/mol. The Morgan fingerprint density at radius 3 is 2.45 bits per heavy atom. The molecule has 1 fully saturated rings. The molecule has 4 rings (SSSR count). The van der Waals surface area contributed by atoms with Gasteiger partial charge in [-0.2, -0.15) is 0 Å². The second kappa shape index (κ2) is 10.6. The van der Waals surface area contributed by atoms with Crippen molar-refractivity contribution in [2.45, 2.75) is 25.2 Å². The molecule has 33 heavy (non-hydrogen) atoms. The van der Waals surface area contributed by atoms with Crippen LogP contribution in [0.3, 0.4) is 0 Å². The number of anilines is 1. The van der Waals surface area contributed by atoms with Gasteiger partial charge in [0.05, 0.1) is 22.7 Å². The quantitative estimate of drug-likeness (QED) is 0.498. The highest BCUT2D eigenvalue weighted by atomic mass is 32.1. The predicted molar refractivity (Wildman–Crippen MR) is 130 cm³/mol. The molecule has 2 amide bonds. The third-order valence-corrected chi connectivity index (χ3v) is 6.85. The number of amides is 2. The molecular formula is C26H28N2O4S. The molecule has 0 aliphatic carbocycles. The number of ether oxygens (including phenoxy) is 2. The lowest BCUT2D eigenvalue weighted by Crippen LogP contribution is -2.44. The summed E-state index contributed by atoms with van der Waals surface area (Å²) in [7, 11) is 0. The highest BCUT2D eigenvalue weighted by Gasteiger charge is 2.35. The molecule has 2 aromatic carbocycles. The SMILES string of the molecule is CCOc1ccc(C2(CNC(=O)c3ccccc3NC(=O)c3cccs3)CCOCC2)cc1. The summed E-state index contributed by atoms with van der Waals surface area (Å²) in [4.78, 5) is 26.3. The topological polar surface area (TPSA) is 76.7 Å². The van der Waals surface area contributed by atoms with Crippen molar-refractivity contribution in [3.8, 4) is 5.75 Å². The van der Waals surface area contributed by atoms with E-state index in [9.17, 15) is 9.59 Å². The van der Waals surface area contributed by atoms with Crippen molar-refractivity contribution in [1.82, 2.24) is 5.32 Å². The minimum Gasteiger partial charge on any atom is -0.494 e. The minimum absolute atomic E-state index is 0.214.